The van der Waals surface area contributed by atoms with Crippen LogP contribution in [0.25, 0.3) is 0 Å². The van der Waals surface area contributed by atoms with E-state index in [1.807, 2.05) is 0 Å². The van der Waals surface area contributed by atoms with E-state index in [0.717, 1.165) is 0 Å². The second-order valence-corrected chi connectivity index (χ2v) is 4.36. The molecule has 0 spiro atoms. The minimum atomic E-state index is -0.519. The number of benzene rings is 1. The number of aliphatic hydroxyl groups excluding tert-OH is 1. The van der Waals surface area contributed by atoms with E-state index in [2.05, 4.69) is 4.74 Å². The van der Waals surface area contributed by atoms with Gasteiger partial charge in [0.25, 0.3) is 0 Å². The summed E-state index contributed by atoms with van der Waals surface area (Å²) in [4.78, 5) is 24.7. The molecule has 1 fully saturated rings. The van der Waals surface area contributed by atoms with Crippen LogP contribution in [0.1, 0.15) is 12.0 Å². The van der Waals surface area contributed by atoms with Crippen LogP contribution in [0.15, 0.2) is 18.2 Å². The van der Waals surface area contributed by atoms with E-state index in [1.165, 1.54) is 30.2 Å². The van der Waals surface area contributed by atoms with Gasteiger partial charge in [-0.15, -0.1) is 0 Å². The zero-order chi connectivity index (χ0) is 14.0. The van der Waals surface area contributed by atoms with Crippen LogP contribution in [0.4, 0.5) is 10.1 Å². The first kappa shape index (κ1) is 13.5. The van der Waals surface area contributed by atoms with E-state index in [-0.39, 0.29) is 25.5 Å². The third-order valence-corrected chi connectivity index (χ3v) is 3.16. The van der Waals surface area contributed by atoms with Crippen LogP contribution in [-0.4, -0.2) is 30.6 Å². The van der Waals surface area contributed by atoms with Crippen LogP contribution in [-0.2, 0) is 20.9 Å². The second-order valence-electron chi connectivity index (χ2n) is 4.36. The number of aliphatic hydroxyl groups is 1. The minimum Gasteiger partial charge on any atom is -0.469 e. The maximum atomic E-state index is 13.1. The van der Waals surface area contributed by atoms with Crippen molar-refractivity contribution in [2.45, 2.75) is 13.0 Å². The molecule has 5 nitrogen and oxygen atoms in total. The number of carbonyl (C=O) groups is 2. The standard InChI is InChI=1S/C13H14FNO4/c1-19-13(18)8-5-12(17)15(6-8)11-3-2-10(14)4-9(11)7-16/h2-4,8,16H,5-7H2,1H3. The van der Waals surface area contributed by atoms with Gasteiger partial charge in [0.05, 0.1) is 19.6 Å². The SMILES string of the molecule is COC(=O)C1CC(=O)N(c2ccc(F)cc2CO)C1. The van der Waals surface area contributed by atoms with Gasteiger partial charge in [-0.25, -0.2) is 4.39 Å². The predicted molar refractivity (Wildman–Crippen MR) is 64.8 cm³/mol. The van der Waals surface area contributed by atoms with E-state index in [9.17, 15) is 19.1 Å². The number of hydrogen-bond acceptors (Lipinski definition) is 4. The van der Waals surface area contributed by atoms with Crippen LogP contribution in [0, 0.1) is 11.7 Å². The van der Waals surface area contributed by atoms with Crippen molar-refractivity contribution >= 4 is 17.6 Å². The van der Waals surface area contributed by atoms with Crippen LogP contribution >= 0.6 is 0 Å². The molecule has 0 aliphatic carbocycles. The van der Waals surface area contributed by atoms with Crippen LogP contribution in [0.2, 0.25) is 0 Å². The number of ether oxygens (including phenoxy) is 1. The van der Waals surface area contributed by atoms with E-state index in [0.29, 0.717) is 11.3 Å². The molecule has 1 unspecified atom stereocenters. The van der Waals surface area contributed by atoms with E-state index in [1.54, 1.807) is 0 Å². The number of nitrogens with zero attached hydrogens (tertiary/aromatic N) is 1. The molecule has 6 heteroatoms. The van der Waals surface area contributed by atoms with Crippen molar-refractivity contribution in [2.24, 2.45) is 5.92 Å². The van der Waals surface area contributed by atoms with Gasteiger partial charge < -0.3 is 14.7 Å². The fourth-order valence-electron chi connectivity index (χ4n) is 2.21. The lowest BCUT2D eigenvalue weighted by atomic mass is 10.1. The summed E-state index contributed by atoms with van der Waals surface area (Å²) >= 11 is 0. The molecule has 102 valence electrons. The Kier molecular flexibility index (Phi) is 3.80. The Morgan fingerprint density at radius 3 is 2.95 bits per heavy atom. The first-order valence-corrected chi connectivity index (χ1v) is 5.84. The Hall–Kier alpha value is -1.95. The maximum Gasteiger partial charge on any atom is 0.311 e. The van der Waals surface area contributed by atoms with Gasteiger partial charge in [-0.2, -0.15) is 0 Å². The summed E-state index contributed by atoms with van der Waals surface area (Å²) in [5, 5.41) is 9.21. The topological polar surface area (TPSA) is 66.8 Å². The average Bonchev–Trinajstić information content (AvgIpc) is 2.79. The number of hydrogen-bond donors (Lipinski definition) is 1. The van der Waals surface area contributed by atoms with Gasteiger partial charge in [-0.1, -0.05) is 0 Å². The van der Waals surface area contributed by atoms with E-state index >= 15 is 0 Å². The number of rotatable bonds is 3. The lowest BCUT2D eigenvalue weighted by Gasteiger charge is -2.19. The van der Waals surface area contributed by atoms with Crippen molar-refractivity contribution in [1.29, 1.82) is 0 Å². The van der Waals surface area contributed by atoms with Crippen molar-refractivity contribution in [2.75, 3.05) is 18.6 Å². The average molecular weight is 267 g/mol. The molecule has 1 saturated heterocycles. The van der Waals surface area contributed by atoms with E-state index in [4.69, 9.17) is 0 Å². The van der Waals surface area contributed by atoms with Gasteiger partial charge in [0.1, 0.15) is 5.82 Å². The molecule has 1 atom stereocenters. The highest BCUT2D eigenvalue weighted by molar-refractivity contribution is 6.00. The number of halogens is 1. The van der Waals surface area contributed by atoms with Gasteiger partial charge in [0.15, 0.2) is 0 Å². The van der Waals surface area contributed by atoms with Crippen molar-refractivity contribution in [3.05, 3.63) is 29.6 Å². The number of esters is 1. The third-order valence-electron chi connectivity index (χ3n) is 3.16. The van der Waals surface area contributed by atoms with Gasteiger partial charge >= 0.3 is 5.97 Å². The lowest BCUT2D eigenvalue weighted by molar-refractivity contribution is -0.145. The Morgan fingerprint density at radius 2 is 2.32 bits per heavy atom. The van der Waals surface area contributed by atoms with Crippen LogP contribution < -0.4 is 4.90 Å². The van der Waals surface area contributed by atoms with Crippen molar-refractivity contribution in [3.63, 3.8) is 0 Å². The summed E-state index contributed by atoms with van der Waals surface area (Å²) < 4.78 is 17.7. The Morgan fingerprint density at radius 1 is 1.58 bits per heavy atom. The molecule has 2 rings (SSSR count). The summed E-state index contributed by atoms with van der Waals surface area (Å²) in [6.07, 6.45) is 0.0644. The van der Waals surface area contributed by atoms with Gasteiger partial charge in [-0.3, -0.25) is 9.59 Å². The molecule has 0 aromatic heterocycles. The highest BCUT2D eigenvalue weighted by Gasteiger charge is 2.36. The van der Waals surface area contributed by atoms with Gasteiger partial charge in [0.2, 0.25) is 5.91 Å². The smallest absolute Gasteiger partial charge is 0.311 e. The Labute approximate surface area is 109 Å². The summed E-state index contributed by atoms with van der Waals surface area (Å²) in [6.45, 7) is -0.191. The van der Waals surface area contributed by atoms with Gasteiger partial charge in [-0.05, 0) is 18.2 Å². The highest BCUT2D eigenvalue weighted by Crippen LogP contribution is 2.29. The van der Waals surface area contributed by atoms with Gasteiger partial charge in [0, 0.05) is 24.2 Å². The molecule has 1 aliphatic rings. The molecule has 0 bridgehead atoms. The molecule has 19 heavy (non-hydrogen) atoms. The van der Waals surface area contributed by atoms with Crippen molar-refractivity contribution in [3.8, 4) is 0 Å². The van der Waals surface area contributed by atoms with Crippen molar-refractivity contribution < 1.29 is 23.8 Å². The zero-order valence-corrected chi connectivity index (χ0v) is 10.4. The third kappa shape index (κ3) is 2.58. The fraction of sp³-hybridized carbons (Fsp3) is 0.385. The number of carbonyl (C=O) groups excluding carboxylic acids is 2. The van der Waals surface area contributed by atoms with Crippen LogP contribution in [0.5, 0.6) is 0 Å². The summed E-state index contributed by atoms with van der Waals surface area (Å²) in [5.74, 6) is -1.68. The zero-order valence-electron chi connectivity index (χ0n) is 10.4. The molecule has 1 aromatic carbocycles. The molecule has 0 saturated carbocycles. The maximum absolute atomic E-state index is 13.1. The number of anilines is 1. The second kappa shape index (κ2) is 5.36. The lowest BCUT2D eigenvalue weighted by Crippen LogP contribution is -2.27. The molecule has 1 N–H and O–H groups in total. The largest absolute Gasteiger partial charge is 0.469 e. The summed E-state index contributed by atoms with van der Waals surface area (Å²) in [7, 11) is 1.27. The fourth-order valence-corrected chi connectivity index (χ4v) is 2.21. The molecule has 1 amide bonds. The monoisotopic (exact) mass is 267 g/mol. The first-order chi connectivity index (χ1) is 9.06. The normalized spacial score (nSPS) is 18.8. The number of methoxy groups -OCH3 is 1. The van der Waals surface area contributed by atoms with E-state index < -0.39 is 17.7 Å². The summed E-state index contributed by atoms with van der Waals surface area (Å²) in [6, 6.07) is 3.82. The molecule has 1 heterocycles. The Bertz CT molecular complexity index is 517. The molecule has 1 aliphatic heterocycles. The molecule has 0 radical (unpaired) electrons. The molecular formula is C13H14FNO4. The highest BCUT2D eigenvalue weighted by atomic mass is 19.1. The summed E-state index contributed by atoms with van der Waals surface area (Å²) in [5.41, 5.74) is 0.749. The van der Waals surface area contributed by atoms with Crippen LogP contribution in [0.3, 0.4) is 0 Å². The quantitative estimate of drug-likeness (QED) is 0.824. The Balaban J connectivity index is 2.28. The first-order valence-electron chi connectivity index (χ1n) is 5.84. The van der Waals surface area contributed by atoms with Crippen molar-refractivity contribution in [1.82, 2.24) is 0 Å². The minimum absolute atomic E-state index is 0.0644. The predicted octanol–water partition coefficient (Wildman–Crippen LogP) is 0.844. The molecular weight excluding hydrogens is 253 g/mol. The number of amides is 1. The molecule has 1 aromatic rings.